The van der Waals surface area contributed by atoms with Gasteiger partial charge in [0.05, 0.1) is 18.8 Å². The average molecular weight is 303 g/mol. The number of benzene rings is 1. The highest BCUT2D eigenvalue weighted by molar-refractivity contribution is 7.15. The number of nitrogens with one attached hydrogen (secondary N) is 1. The maximum atomic E-state index is 5.21. The second-order valence-electron chi connectivity index (χ2n) is 5.30. The number of thiazole rings is 1. The fraction of sp³-hybridized carbons (Fsp3) is 0.438. The minimum absolute atomic E-state index is 0.406. The Morgan fingerprint density at radius 2 is 2.10 bits per heavy atom. The molecule has 0 aliphatic heterocycles. The van der Waals surface area contributed by atoms with Crippen LogP contribution in [0.4, 0.5) is 10.8 Å². The molecular weight excluding hydrogens is 282 g/mol. The normalized spacial score (nSPS) is 17.4. The molecule has 2 aromatic rings. The molecule has 0 amide bonds. The van der Waals surface area contributed by atoms with E-state index in [1.54, 1.807) is 7.11 Å². The summed E-state index contributed by atoms with van der Waals surface area (Å²) in [4.78, 5) is 8.45. The van der Waals surface area contributed by atoms with Crippen LogP contribution >= 0.6 is 11.3 Å². The zero-order valence-corrected chi connectivity index (χ0v) is 13.5. The van der Waals surface area contributed by atoms with Crippen molar-refractivity contribution in [3.63, 3.8) is 0 Å². The van der Waals surface area contributed by atoms with Crippen LogP contribution < -0.4 is 15.0 Å². The Labute approximate surface area is 129 Å². The molecule has 0 saturated carbocycles. The van der Waals surface area contributed by atoms with E-state index in [4.69, 9.17) is 9.72 Å². The minimum atomic E-state index is 0.406. The Balaban J connectivity index is 1.87. The zero-order valence-electron chi connectivity index (χ0n) is 12.7. The first-order chi connectivity index (χ1) is 10.2. The van der Waals surface area contributed by atoms with Crippen LogP contribution in [0, 0.1) is 0 Å². The van der Waals surface area contributed by atoms with E-state index in [-0.39, 0.29) is 0 Å². The number of nitrogens with zero attached hydrogens (tertiary/aromatic N) is 2. The average Bonchev–Trinajstić information content (AvgIpc) is 2.98. The van der Waals surface area contributed by atoms with Crippen LogP contribution in [-0.2, 0) is 6.42 Å². The number of fused-ring (bicyclic) bond motifs is 1. The highest BCUT2D eigenvalue weighted by Crippen LogP contribution is 2.38. The molecule has 1 N–H and O–H groups in total. The van der Waals surface area contributed by atoms with Gasteiger partial charge in [0.15, 0.2) is 5.13 Å². The molecule has 1 atom stereocenters. The van der Waals surface area contributed by atoms with Crippen molar-refractivity contribution in [3.8, 4) is 5.75 Å². The molecular formula is C16H21N3OS. The van der Waals surface area contributed by atoms with Crippen LogP contribution in [-0.4, -0.2) is 26.2 Å². The van der Waals surface area contributed by atoms with Crippen molar-refractivity contribution in [2.45, 2.75) is 25.3 Å². The van der Waals surface area contributed by atoms with Crippen LogP contribution in [0.2, 0.25) is 0 Å². The van der Waals surface area contributed by atoms with Gasteiger partial charge in [-0.3, -0.25) is 0 Å². The lowest BCUT2D eigenvalue weighted by molar-refractivity contribution is 0.415. The molecule has 1 aliphatic rings. The van der Waals surface area contributed by atoms with E-state index >= 15 is 0 Å². The largest absolute Gasteiger partial charge is 0.497 e. The predicted molar refractivity (Wildman–Crippen MR) is 87.9 cm³/mol. The number of aromatic nitrogens is 1. The van der Waals surface area contributed by atoms with Gasteiger partial charge in [0.25, 0.3) is 0 Å². The maximum Gasteiger partial charge on any atom is 0.190 e. The van der Waals surface area contributed by atoms with E-state index in [0.29, 0.717) is 6.04 Å². The lowest BCUT2D eigenvalue weighted by Gasteiger charge is -2.20. The van der Waals surface area contributed by atoms with Crippen molar-refractivity contribution < 1.29 is 4.74 Å². The van der Waals surface area contributed by atoms with Crippen LogP contribution in [0.15, 0.2) is 24.3 Å². The molecule has 1 aliphatic carbocycles. The summed E-state index contributed by atoms with van der Waals surface area (Å²) in [7, 11) is 5.78. The van der Waals surface area contributed by atoms with Crippen molar-refractivity contribution in [2.24, 2.45) is 0 Å². The topological polar surface area (TPSA) is 37.4 Å². The quantitative estimate of drug-likeness (QED) is 0.938. The summed E-state index contributed by atoms with van der Waals surface area (Å²) in [6, 6.07) is 8.50. The SMILES string of the molecule is CNC1CCCc2sc(N(C)c3ccc(OC)cc3)nc21. The van der Waals surface area contributed by atoms with E-state index in [1.165, 1.54) is 23.4 Å². The van der Waals surface area contributed by atoms with Gasteiger partial charge in [0.1, 0.15) is 5.75 Å². The third-order valence-electron chi connectivity index (χ3n) is 4.04. The number of ether oxygens (including phenoxy) is 1. The van der Waals surface area contributed by atoms with E-state index in [1.807, 2.05) is 30.5 Å². The lowest BCUT2D eigenvalue weighted by Crippen LogP contribution is -2.21. The molecule has 0 saturated heterocycles. The van der Waals surface area contributed by atoms with Crippen molar-refractivity contribution in [1.29, 1.82) is 0 Å². The number of rotatable bonds is 4. The van der Waals surface area contributed by atoms with Gasteiger partial charge < -0.3 is 15.0 Å². The van der Waals surface area contributed by atoms with Crippen molar-refractivity contribution in [1.82, 2.24) is 10.3 Å². The zero-order chi connectivity index (χ0) is 14.8. The Kier molecular flexibility index (Phi) is 4.12. The van der Waals surface area contributed by atoms with Gasteiger partial charge in [-0.2, -0.15) is 0 Å². The first-order valence-electron chi connectivity index (χ1n) is 7.27. The van der Waals surface area contributed by atoms with Crippen molar-refractivity contribution >= 4 is 22.2 Å². The molecule has 3 rings (SSSR count). The van der Waals surface area contributed by atoms with Crippen molar-refractivity contribution in [2.75, 3.05) is 26.1 Å². The molecule has 112 valence electrons. The van der Waals surface area contributed by atoms with Crippen LogP contribution in [0.1, 0.15) is 29.5 Å². The molecule has 0 spiro atoms. The van der Waals surface area contributed by atoms with E-state index < -0.39 is 0 Å². The molecule has 21 heavy (non-hydrogen) atoms. The van der Waals surface area contributed by atoms with E-state index in [9.17, 15) is 0 Å². The summed E-state index contributed by atoms with van der Waals surface area (Å²) < 4.78 is 5.21. The third-order valence-corrected chi connectivity index (χ3v) is 5.25. The molecule has 1 aromatic carbocycles. The summed E-state index contributed by atoms with van der Waals surface area (Å²) in [6.45, 7) is 0. The number of anilines is 2. The molecule has 1 aromatic heterocycles. The van der Waals surface area contributed by atoms with Gasteiger partial charge in [-0.05, 0) is 50.6 Å². The molecule has 1 heterocycles. The summed E-state index contributed by atoms with van der Waals surface area (Å²) in [5, 5.41) is 4.44. The molecule has 4 nitrogen and oxygen atoms in total. The van der Waals surface area contributed by atoms with E-state index in [2.05, 4.69) is 29.4 Å². The highest BCUT2D eigenvalue weighted by Gasteiger charge is 2.24. The maximum absolute atomic E-state index is 5.21. The van der Waals surface area contributed by atoms with Crippen LogP contribution in [0.3, 0.4) is 0 Å². The number of hydrogen-bond acceptors (Lipinski definition) is 5. The van der Waals surface area contributed by atoms with Crippen LogP contribution in [0.5, 0.6) is 5.75 Å². The van der Waals surface area contributed by atoms with Gasteiger partial charge in [-0.25, -0.2) is 4.98 Å². The van der Waals surface area contributed by atoms with Crippen LogP contribution in [0.25, 0.3) is 0 Å². The lowest BCUT2D eigenvalue weighted by atomic mass is 9.98. The smallest absolute Gasteiger partial charge is 0.190 e. The summed E-state index contributed by atoms with van der Waals surface area (Å²) in [5.74, 6) is 0.876. The predicted octanol–water partition coefficient (Wildman–Crippen LogP) is 3.52. The fourth-order valence-corrected chi connectivity index (χ4v) is 3.89. The Morgan fingerprint density at radius 3 is 2.76 bits per heavy atom. The number of aryl methyl sites for hydroxylation is 1. The molecule has 1 unspecified atom stereocenters. The molecule has 5 heteroatoms. The van der Waals surface area contributed by atoms with Crippen molar-refractivity contribution in [3.05, 3.63) is 34.8 Å². The second-order valence-corrected chi connectivity index (χ2v) is 6.36. The van der Waals surface area contributed by atoms with Gasteiger partial charge in [-0.15, -0.1) is 11.3 Å². The Morgan fingerprint density at radius 1 is 1.33 bits per heavy atom. The van der Waals surface area contributed by atoms with E-state index in [0.717, 1.165) is 23.0 Å². The summed E-state index contributed by atoms with van der Waals surface area (Å²) >= 11 is 1.81. The fourth-order valence-electron chi connectivity index (χ4n) is 2.75. The van der Waals surface area contributed by atoms with Gasteiger partial charge in [-0.1, -0.05) is 0 Å². The second kappa shape index (κ2) is 6.03. The first kappa shape index (κ1) is 14.4. The number of hydrogen-bond donors (Lipinski definition) is 1. The number of methoxy groups -OCH3 is 1. The third kappa shape index (κ3) is 2.76. The Hall–Kier alpha value is -1.59. The highest BCUT2D eigenvalue weighted by atomic mass is 32.1. The molecule has 0 fully saturated rings. The minimum Gasteiger partial charge on any atom is -0.497 e. The van der Waals surface area contributed by atoms with Gasteiger partial charge in [0.2, 0.25) is 0 Å². The molecule has 0 bridgehead atoms. The summed E-state index contributed by atoms with van der Waals surface area (Å²) in [6.07, 6.45) is 3.58. The molecule has 0 radical (unpaired) electrons. The monoisotopic (exact) mass is 303 g/mol. The first-order valence-corrected chi connectivity index (χ1v) is 8.09. The Bertz CT molecular complexity index is 608. The van der Waals surface area contributed by atoms with Gasteiger partial charge in [0, 0.05) is 17.6 Å². The summed E-state index contributed by atoms with van der Waals surface area (Å²) in [5.41, 5.74) is 2.37. The standard InChI is InChI=1S/C16H21N3OS/c1-17-13-5-4-6-14-15(13)18-16(21-14)19(2)11-7-9-12(20-3)10-8-11/h7-10,13,17H,4-6H2,1-3H3. The van der Waals surface area contributed by atoms with Gasteiger partial charge >= 0.3 is 0 Å².